The Morgan fingerprint density at radius 2 is 2.05 bits per heavy atom. The van der Waals surface area contributed by atoms with Gasteiger partial charge in [0, 0.05) is 56.3 Å². The van der Waals surface area contributed by atoms with E-state index < -0.39 is 11.8 Å². The van der Waals surface area contributed by atoms with E-state index in [9.17, 15) is 14.3 Å². The molecular formula is C30H46FN3O4. The fourth-order valence-corrected chi connectivity index (χ4v) is 6.55. The summed E-state index contributed by atoms with van der Waals surface area (Å²) in [6.45, 7) is 2.50. The lowest BCUT2D eigenvalue weighted by atomic mass is 9.73. The molecule has 1 aliphatic carbocycles. The van der Waals surface area contributed by atoms with Crippen molar-refractivity contribution in [2.75, 3.05) is 40.4 Å². The topological polar surface area (TPSA) is 87.0 Å². The van der Waals surface area contributed by atoms with Crippen LogP contribution >= 0.6 is 0 Å². The molecule has 3 N–H and O–H groups in total. The molecule has 4 rings (SSSR count). The number of urea groups is 1. The van der Waals surface area contributed by atoms with Crippen molar-refractivity contribution in [1.29, 1.82) is 0 Å². The molecule has 2 fully saturated rings. The number of carbonyl (C=O) groups is 1. The monoisotopic (exact) mass is 531 g/mol. The van der Waals surface area contributed by atoms with E-state index >= 15 is 0 Å². The van der Waals surface area contributed by atoms with Gasteiger partial charge in [0.15, 0.2) is 0 Å². The number of nitrogens with zero attached hydrogens (tertiary/aromatic N) is 1. The lowest BCUT2D eigenvalue weighted by Gasteiger charge is -2.43. The van der Waals surface area contributed by atoms with Crippen molar-refractivity contribution in [1.82, 2.24) is 15.5 Å². The zero-order valence-electron chi connectivity index (χ0n) is 23.1. The molecule has 7 nitrogen and oxygen atoms in total. The maximum absolute atomic E-state index is 13.6. The molecule has 1 aromatic heterocycles. The number of likely N-dealkylation sites (tertiary alicyclic amines) is 1. The minimum atomic E-state index is -1.11. The Morgan fingerprint density at radius 3 is 2.82 bits per heavy atom. The first kappa shape index (κ1) is 28.8. The Kier molecular flexibility index (Phi) is 10.4. The number of methoxy groups -OCH3 is 1. The quantitative estimate of drug-likeness (QED) is 0.321. The number of benzene rings is 1. The first-order chi connectivity index (χ1) is 18.4. The summed E-state index contributed by atoms with van der Waals surface area (Å²) in [6.07, 6.45) is 8.82. The predicted octanol–water partition coefficient (Wildman–Crippen LogP) is 5.37. The van der Waals surface area contributed by atoms with Gasteiger partial charge < -0.3 is 29.8 Å². The van der Waals surface area contributed by atoms with Crippen LogP contribution in [0.4, 0.5) is 9.18 Å². The largest absolute Gasteiger partial charge is 0.464 e. The van der Waals surface area contributed by atoms with Crippen molar-refractivity contribution in [2.24, 2.45) is 11.8 Å². The van der Waals surface area contributed by atoms with Gasteiger partial charge in [0.05, 0.1) is 11.9 Å². The van der Waals surface area contributed by atoms with E-state index in [4.69, 9.17) is 9.15 Å². The number of rotatable bonds is 12. The number of hydrogen-bond donors (Lipinski definition) is 3. The molecule has 8 heteroatoms. The van der Waals surface area contributed by atoms with Crippen molar-refractivity contribution in [2.45, 2.75) is 82.0 Å². The highest BCUT2D eigenvalue weighted by Gasteiger charge is 2.43. The van der Waals surface area contributed by atoms with Gasteiger partial charge in [-0.25, -0.2) is 9.18 Å². The fourth-order valence-electron chi connectivity index (χ4n) is 6.55. The summed E-state index contributed by atoms with van der Waals surface area (Å²) in [5.74, 6) is 0.337. The number of furan rings is 1. The van der Waals surface area contributed by atoms with Gasteiger partial charge in [0.25, 0.3) is 0 Å². The number of amides is 2. The number of unbranched alkanes of at least 4 members (excludes halogenated alkanes) is 1. The minimum Gasteiger partial charge on any atom is -0.464 e. The number of aliphatic hydroxyl groups is 1. The lowest BCUT2D eigenvalue weighted by molar-refractivity contribution is -0.0558. The van der Waals surface area contributed by atoms with E-state index in [0.717, 1.165) is 61.5 Å². The highest BCUT2D eigenvalue weighted by atomic mass is 19.1. The molecule has 0 spiro atoms. The number of likely N-dealkylation sites (N-methyl/N-ethyl adjacent to an activating group) is 1. The van der Waals surface area contributed by atoms with Gasteiger partial charge in [0.2, 0.25) is 0 Å². The summed E-state index contributed by atoms with van der Waals surface area (Å²) in [5.41, 5.74) is 0.418. The van der Waals surface area contributed by atoms with E-state index in [1.165, 1.54) is 0 Å². The highest BCUT2D eigenvalue weighted by molar-refractivity contribution is 5.81. The standard InChI is InChI=1S/C30H46FN3O4/c1-32-20-26(19-22-10-12-25(31)13-11-22)33-29(35)34-16-6-8-24(21-34)30(36,15-3-4-17-37-2)27-9-5-7-23-14-18-38-28(23)27/h5,7,9,14,18,22,24-26,32,36H,3-4,6,8,10-13,15-17,19-21H2,1-2H3,(H,33,35). The van der Waals surface area contributed by atoms with Crippen LogP contribution in [-0.2, 0) is 10.3 Å². The van der Waals surface area contributed by atoms with Gasteiger partial charge in [-0.3, -0.25) is 0 Å². The number of piperidine rings is 1. The van der Waals surface area contributed by atoms with E-state index in [1.807, 2.05) is 36.2 Å². The van der Waals surface area contributed by atoms with Crippen LogP contribution in [-0.4, -0.2) is 68.6 Å². The van der Waals surface area contributed by atoms with Crippen LogP contribution in [0.5, 0.6) is 0 Å². The van der Waals surface area contributed by atoms with Gasteiger partial charge in [-0.2, -0.15) is 0 Å². The number of hydrogen-bond acceptors (Lipinski definition) is 5. The third-order valence-electron chi connectivity index (χ3n) is 8.66. The molecule has 1 aliphatic heterocycles. The average molecular weight is 532 g/mol. The third-order valence-corrected chi connectivity index (χ3v) is 8.66. The summed E-state index contributed by atoms with van der Waals surface area (Å²) in [4.78, 5) is 15.3. The Bertz CT molecular complexity index is 1010. The summed E-state index contributed by atoms with van der Waals surface area (Å²) in [7, 11) is 3.59. The molecule has 3 unspecified atom stereocenters. The van der Waals surface area contributed by atoms with E-state index in [-0.39, 0.29) is 18.0 Å². The number of halogens is 1. The van der Waals surface area contributed by atoms with E-state index in [0.29, 0.717) is 51.4 Å². The molecule has 1 saturated carbocycles. The Balaban J connectivity index is 1.47. The van der Waals surface area contributed by atoms with Crippen LogP contribution in [0.2, 0.25) is 0 Å². The van der Waals surface area contributed by atoms with Gasteiger partial charge in [-0.05, 0) is 83.2 Å². The maximum atomic E-state index is 13.6. The second-order valence-corrected chi connectivity index (χ2v) is 11.4. The number of fused-ring (bicyclic) bond motifs is 1. The Labute approximate surface area is 226 Å². The summed E-state index contributed by atoms with van der Waals surface area (Å²) < 4.78 is 24.7. The Morgan fingerprint density at radius 1 is 1.24 bits per heavy atom. The summed E-state index contributed by atoms with van der Waals surface area (Å²) >= 11 is 0. The van der Waals surface area contributed by atoms with Crippen molar-refractivity contribution in [3.05, 3.63) is 36.1 Å². The number of ether oxygens (including phenoxy) is 1. The summed E-state index contributed by atoms with van der Waals surface area (Å²) in [5, 5.41) is 19.8. The van der Waals surface area contributed by atoms with Crippen molar-refractivity contribution >= 4 is 17.0 Å². The van der Waals surface area contributed by atoms with E-state index in [1.54, 1.807) is 13.4 Å². The number of carbonyl (C=O) groups excluding carboxylic acids is 1. The molecule has 0 radical (unpaired) electrons. The molecule has 3 atom stereocenters. The maximum Gasteiger partial charge on any atom is 0.317 e. The second kappa shape index (κ2) is 13.8. The summed E-state index contributed by atoms with van der Waals surface area (Å²) in [6, 6.07) is 7.78. The molecular weight excluding hydrogens is 485 g/mol. The van der Waals surface area contributed by atoms with Crippen LogP contribution in [0, 0.1) is 11.8 Å². The molecule has 0 bridgehead atoms. The molecule has 2 aliphatic rings. The van der Waals surface area contributed by atoms with Crippen LogP contribution in [0.15, 0.2) is 34.9 Å². The molecule has 2 heterocycles. The fraction of sp³-hybridized carbons (Fsp3) is 0.700. The van der Waals surface area contributed by atoms with Crippen LogP contribution in [0.1, 0.15) is 69.8 Å². The Hall–Kier alpha value is -2.16. The zero-order chi connectivity index (χ0) is 27.0. The highest BCUT2D eigenvalue weighted by Crippen LogP contribution is 2.42. The molecule has 1 saturated heterocycles. The number of nitrogens with one attached hydrogen (secondary N) is 2. The van der Waals surface area contributed by atoms with Crippen molar-refractivity contribution in [3.63, 3.8) is 0 Å². The molecule has 2 amide bonds. The van der Waals surface area contributed by atoms with Crippen LogP contribution in [0.3, 0.4) is 0 Å². The zero-order valence-corrected chi connectivity index (χ0v) is 23.1. The first-order valence-electron chi connectivity index (χ1n) is 14.5. The predicted molar refractivity (Wildman–Crippen MR) is 148 cm³/mol. The SMILES string of the molecule is CNCC(CC1CCC(F)CC1)NC(=O)N1CCCC(C(O)(CCCCOC)c2cccc3ccoc23)C1. The van der Waals surface area contributed by atoms with Crippen molar-refractivity contribution in [3.8, 4) is 0 Å². The first-order valence-corrected chi connectivity index (χ1v) is 14.5. The lowest BCUT2D eigenvalue weighted by Crippen LogP contribution is -2.54. The van der Waals surface area contributed by atoms with Crippen molar-refractivity contribution < 1.29 is 23.4 Å². The minimum absolute atomic E-state index is 0.00108. The second-order valence-electron chi connectivity index (χ2n) is 11.4. The third kappa shape index (κ3) is 7.07. The van der Waals surface area contributed by atoms with Gasteiger partial charge >= 0.3 is 6.03 Å². The van der Waals surface area contributed by atoms with Gasteiger partial charge in [0.1, 0.15) is 11.8 Å². The molecule has 2 aromatic rings. The number of para-hydroxylation sites is 1. The van der Waals surface area contributed by atoms with Gasteiger partial charge in [-0.15, -0.1) is 0 Å². The average Bonchev–Trinajstić information content (AvgIpc) is 3.42. The van der Waals surface area contributed by atoms with E-state index in [2.05, 4.69) is 10.6 Å². The van der Waals surface area contributed by atoms with Crippen LogP contribution in [0.25, 0.3) is 11.0 Å². The smallest absolute Gasteiger partial charge is 0.317 e. The van der Waals surface area contributed by atoms with Crippen LogP contribution < -0.4 is 10.6 Å². The molecule has 1 aromatic carbocycles. The normalized spacial score (nSPS) is 24.7. The molecule has 38 heavy (non-hydrogen) atoms. The molecule has 212 valence electrons. The number of alkyl halides is 1. The van der Waals surface area contributed by atoms with Gasteiger partial charge in [-0.1, -0.05) is 18.2 Å².